The topological polar surface area (TPSA) is 44.8 Å². The number of hydrogen-bond acceptors (Lipinski definition) is 4. The van der Waals surface area contributed by atoms with Gasteiger partial charge in [-0.25, -0.2) is 0 Å². The van der Waals surface area contributed by atoms with Gasteiger partial charge in [0.25, 0.3) is 0 Å². The minimum atomic E-state index is 0.0591. The maximum absolute atomic E-state index is 12.8. The predicted octanol–water partition coefficient (Wildman–Crippen LogP) is 3.92. The zero-order chi connectivity index (χ0) is 17.1. The summed E-state index contributed by atoms with van der Waals surface area (Å²) in [4.78, 5) is 12.8. The van der Waals surface area contributed by atoms with E-state index >= 15 is 0 Å². The molecule has 1 aliphatic rings. The monoisotopic (exact) mass is 324 g/mol. The second-order valence-electron chi connectivity index (χ2n) is 5.60. The molecule has 4 nitrogen and oxygen atoms in total. The lowest BCUT2D eigenvalue weighted by Gasteiger charge is -2.19. The third kappa shape index (κ3) is 2.87. The second kappa shape index (κ2) is 6.79. The smallest absolute Gasteiger partial charge is 0.189 e. The molecular formula is C20H20O4. The SMILES string of the molecule is COc1ccc2c(c1)CC/C(=C/c1cccc(OC)c1OC)C2=O. The fourth-order valence-corrected chi connectivity index (χ4v) is 3.03. The van der Waals surface area contributed by atoms with Gasteiger partial charge in [-0.05, 0) is 48.7 Å². The molecule has 4 heteroatoms. The molecule has 0 radical (unpaired) electrons. The van der Waals surface area contributed by atoms with Gasteiger partial charge in [-0.2, -0.15) is 0 Å². The number of para-hydroxylation sites is 1. The number of carbonyl (C=O) groups excluding carboxylic acids is 1. The number of ether oxygens (including phenoxy) is 3. The van der Waals surface area contributed by atoms with Gasteiger partial charge in [-0.1, -0.05) is 12.1 Å². The molecular weight excluding hydrogens is 304 g/mol. The molecule has 0 amide bonds. The van der Waals surface area contributed by atoms with Gasteiger partial charge < -0.3 is 14.2 Å². The van der Waals surface area contributed by atoms with E-state index in [1.54, 1.807) is 21.3 Å². The number of aryl methyl sites for hydroxylation is 1. The highest BCUT2D eigenvalue weighted by atomic mass is 16.5. The van der Waals surface area contributed by atoms with Crippen LogP contribution >= 0.6 is 0 Å². The lowest BCUT2D eigenvalue weighted by atomic mass is 9.86. The van der Waals surface area contributed by atoms with Gasteiger partial charge in [0.1, 0.15) is 5.75 Å². The molecule has 0 spiro atoms. The van der Waals surface area contributed by atoms with Crippen molar-refractivity contribution in [2.75, 3.05) is 21.3 Å². The molecule has 0 heterocycles. The first kappa shape index (κ1) is 16.1. The third-order valence-electron chi connectivity index (χ3n) is 4.28. The number of methoxy groups -OCH3 is 3. The molecule has 2 aromatic rings. The van der Waals surface area contributed by atoms with Crippen LogP contribution in [0.3, 0.4) is 0 Å². The zero-order valence-corrected chi connectivity index (χ0v) is 14.1. The summed E-state index contributed by atoms with van der Waals surface area (Å²) in [5, 5.41) is 0. The third-order valence-corrected chi connectivity index (χ3v) is 4.28. The number of rotatable bonds is 4. The van der Waals surface area contributed by atoms with Gasteiger partial charge in [0.15, 0.2) is 17.3 Å². The quantitative estimate of drug-likeness (QED) is 0.800. The molecule has 0 fully saturated rings. The minimum absolute atomic E-state index is 0.0591. The Hall–Kier alpha value is -2.75. The van der Waals surface area contributed by atoms with Crippen molar-refractivity contribution in [2.45, 2.75) is 12.8 Å². The molecule has 0 bridgehead atoms. The van der Waals surface area contributed by atoms with Gasteiger partial charge in [-0.15, -0.1) is 0 Å². The number of benzene rings is 2. The molecule has 3 rings (SSSR count). The molecule has 0 aromatic heterocycles. The van der Waals surface area contributed by atoms with Crippen LogP contribution in [0.15, 0.2) is 42.0 Å². The molecule has 24 heavy (non-hydrogen) atoms. The highest BCUT2D eigenvalue weighted by Gasteiger charge is 2.23. The largest absolute Gasteiger partial charge is 0.497 e. The van der Waals surface area contributed by atoms with E-state index in [1.165, 1.54) is 0 Å². The summed E-state index contributed by atoms with van der Waals surface area (Å²) < 4.78 is 16.0. The number of carbonyl (C=O) groups is 1. The average Bonchev–Trinajstić information content (AvgIpc) is 2.63. The Bertz CT molecular complexity index is 805. The van der Waals surface area contributed by atoms with E-state index in [0.717, 1.165) is 34.4 Å². The van der Waals surface area contributed by atoms with Crippen molar-refractivity contribution in [3.8, 4) is 17.2 Å². The molecule has 0 saturated heterocycles. The van der Waals surface area contributed by atoms with Crippen molar-refractivity contribution in [3.05, 3.63) is 58.7 Å². The first-order chi connectivity index (χ1) is 11.7. The summed E-state index contributed by atoms with van der Waals surface area (Å²) in [5.74, 6) is 2.13. The minimum Gasteiger partial charge on any atom is -0.497 e. The van der Waals surface area contributed by atoms with E-state index in [1.807, 2.05) is 42.5 Å². The Balaban J connectivity index is 1.99. The van der Waals surface area contributed by atoms with Crippen LogP contribution in [0.5, 0.6) is 17.2 Å². The van der Waals surface area contributed by atoms with Gasteiger partial charge in [0.05, 0.1) is 21.3 Å². The van der Waals surface area contributed by atoms with E-state index < -0.39 is 0 Å². The van der Waals surface area contributed by atoms with Crippen molar-refractivity contribution in [1.82, 2.24) is 0 Å². The lowest BCUT2D eigenvalue weighted by Crippen LogP contribution is -2.14. The van der Waals surface area contributed by atoms with E-state index in [4.69, 9.17) is 14.2 Å². The molecule has 0 atom stereocenters. The Kier molecular flexibility index (Phi) is 4.56. The number of hydrogen-bond donors (Lipinski definition) is 0. The lowest BCUT2D eigenvalue weighted by molar-refractivity contribution is 0.102. The maximum Gasteiger partial charge on any atom is 0.189 e. The highest BCUT2D eigenvalue weighted by molar-refractivity contribution is 6.13. The Morgan fingerprint density at radius 2 is 1.79 bits per heavy atom. The summed E-state index contributed by atoms with van der Waals surface area (Å²) in [6, 6.07) is 11.3. The standard InChI is InChI=1S/C20H20O4/c1-22-16-9-10-17-13(12-16)7-8-14(19(17)21)11-15-5-4-6-18(23-2)20(15)24-3/h4-6,9-12H,7-8H2,1-3H3/b14-11-. The molecule has 124 valence electrons. The average molecular weight is 324 g/mol. The van der Waals surface area contributed by atoms with Gasteiger partial charge >= 0.3 is 0 Å². The Morgan fingerprint density at radius 3 is 2.50 bits per heavy atom. The maximum atomic E-state index is 12.8. The van der Waals surface area contributed by atoms with Crippen LogP contribution < -0.4 is 14.2 Å². The van der Waals surface area contributed by atoms with E-state index in [0.29, 0.717) is 17.9 Å². The first-order valence-corrected chi connectivity index (χ1v) is 7.81. The van der Waals surface area contributed by atoms with Crippen molar-refractivity contribution in [2.24, 2.45) is 0 Å². The summed E-state index contributed by atoms with van der Waals surface area (Å²) in [5.41, 5.74) is 3.40. The van der Waals surface area contributed by atoms with E-state index in [-0.39, 0.29) is 5.78 Å². The normalized spacial score (nSPS) is 15.1. The van der Waals surface area contributed by atoms with Crippen LogP contribution in [-0.2, 0) is 6.42 Å². The summed E-state index contributed by atoms with van der Waals surface area (Å²) in [6.07, 6.45) is 3.41. The fraction of sp³-hybridized carbons (Fsp3) is 0.250. The fourth-order valence-electron chi connectivity index (χ4n) is 3.03. The van der Waals surface area contributed by atoms with Crippen molar-refractivity contribution in [1.29, 1.82) is 0 Å². The number of fused-ring (bicyclic) bond motifs is 1. The van der Waals surface area contributed by atoms with Crippen molar-refractivity contribution >= 4 is 11.9 Å². The van der Waals surface area contributed by atoms with Crippen molar-refractivity contribution < 1.29 is 19.0 Å². The summed E-state index contributed by atoms with van der Waals surface area (Å²) in [7, 11) is 4.83. The highest BCUT2D eigenvalue weighted by Crippen LogP contribution is 2.35. The molecule has 0 saturated carbocycles. The van der Waals surface area contributed by atoms with Crippen LogP contribution in [0, 0.1) is 0 Å². The summed E-state index contributed by atoms with van der Waals surface area (Å²) >= 11 is 0. The molecule has 0 unspecified atom stereocenters. The number of Topliss-reactive ketones (excluding diaryl/α,β-unsaturated/α-hetero) is 1. The second-order valence-corrected chi connectivity index (χ2v) is 5.60. The van der Waals surface area contributed by atoms with Gasteiger partial charge in [0.2, 0.25) is 0 Å². The van der Waals surface area contributed by atoms with E-state index in [2.05, 4.69) is 0 Å². The molecule has 0 aliphatic heterocycles. The number of ketones is 1. The zero-order valence-electron chi connectivity index (χ0n) is 14.1. The first-order valence-electron chi connectivity index (χ1n) is 7.81. The molecule has 1 aliphatic carbocycles. The summed E-state index contributed by atoms with van der Waals surface area (Å²) in [6.45, 7) is 0. The van der Waals surface area contributed by atoms with Gasteiger partial charge in [0, 0.05) is 16.7 Å². The van der Waals surface area contributed by atoms with Crippen LogP contribution in [0.25, 0.3) is 6.08 Å². The number of allylic oxidation sites excluding steroid dienone is 1. The van der Waals surface area contributed by atoms with Crippen LogP contribution in [0.2, 0.25) is 0 Å². The Morgan fingerprint density at radius 1 is 0.958 bits per heavy atom. The van der Waals surface area contributed by atoms with Crippen LogP contribution in [-0.4, -0.2) is 27.1 Å². The predicted molar refractivity (Wildman–Crippen MR) is 93.2 cm³/mol. The molecule has 0 N–H and O–H groups in total. The Labute approximate surface area is 141 Å². The van der Waals surface area contributed by atoms with Gasteiger partial charge in [-0.3, -0.25) is 4.79 Å². The van der Waals surface area contributed by atoms with Crippen molar-refractivity contribution in [3.63, 3.8) is 0 Å². The molecule has 2 aromatic carbocycles. The van der Waals surface area contributed by atoms with E-state index in [9.17, 15) is 4.79 Å². The van der Waals surface area contributed by atoms with Crippen LogP contribution in [0.1, 0.15) is 27.9 Å². The van der Waals surface area contributed by atoms with Crippen LogP contribution in [0.4, 0.5) is 0 Å².